The molecule has 0 aromatic heterocycles. The lowest BCUT2D eigenvalue weighted by Crippen LogP contribution is -2.45. The Hall–Kier alpha value is -1.63. The van der Waals surface area contributed by atoms with Crippen LogP contribution < -0.4 is 5.32 Å². The molecule has 126 valence electrons. The number of likely N-dealkylation sites (N-methyl/N-ethyl adjacent to an activating group) is 1. The molecule has 1 aliphatic rings. The van der Waals surface area contributed by atoms with Gasteiger partial charge in [-0.25, -0.2) is 4.79 Å². The van der Waals surface area contributed by atoms with E-state index in [0.29, 0.717) is 19.5 Å². The molecule has 0 radical (unpaired) electrons. The quantitative estimate of drug-likeness (QED) is 0.659. The summed E-state index contributed by atoms with van der Waals surface area (Å²) in [6, 6.07) is -0.890. The van der Waals surface area contributed by atoms with Crippen molar-refractivity contribution in [3.05, 3.63) is 0 Å². The molecule has 1 unspecified atom stereocenters. The third-order valence-corrected chi connectivity index (χ3v) is 3.72. The van der Waals surface area contributed by atoms with Gasteiger partial charge in [0.2, 0.25) is 11.8 Å². The highest BCUT2D eigenvalue weighted by molar-refractivity contribution is 5.91. The Labute approximate surface area is 131 Å². The predicted molar refractivity (Wildman–Crippen MR) is 82.3 cm³/mol. The molecule has 1 rings (SSSR count). The molecule has 1 fully saturated rings. The van der Waals surface area contributed by atoms with E-state index in [1.165, 1.54) is 0 Å². The number of rotatable bonds is 8. The summed E-state index contributed by atoms with van der Waals surface area (Å²) in [5.74, 6) is -1.70. The molecule has 2 amide bonds. The molecular formula is C15H27N3O4. The van der Waals surface area contributed by atoms with Crippen molar-refractivity contribution in [2.24, 2.45) is 11.8 Å². The molecule has 1 heterocycles. The highest BCUT2D eigenvalue weighted by atomic mass is 16.4. The Bertz CT molecular complexity index is 423. The summed E-state index contributed by atoms with van der Waals surface area (Å²) < 4.78 is 0. The van der Waals surface area contributed by atoms with Crippen molar-refractivity contribution >= 4 is 17.8 Å². The SMILES string of the molecule is CC(C)C[C@@H](NC(=O)C1CC(=O)N(CCN(C)C)C1)C(=O)O. The number of nitrogens with zero attached hydrogens (tertiary/aromatic N) is 2. The van der Waals surface area contributed by atoms with E-state index >= 15 is 0 Å². The lowest BCUT2D eigenvalue weighted by atomic mass is 10.0. The van der Waals surface area contributed by atoms with Crippen LogP contribution in [0.5, 0.6) is 0 Å². The first-order valence-electron chi connectivity index (χ1n) is 7.66. The fraction of sp³-hybridized carbons (Fsp3) is 0.800. The van der Waals surface area contributed by atoms with Crippen LogP contribution in [0.4, 0.5) is 0 Å². The van der Waals surface area contributed by atoms with Gasteiger partial charge in [0.15, 0.2) is 0 Å². The largest absolute Gasteiger partial charge is 0.480 e. The minimum absolute atomic E-state index is 0.0438. The zero-order valence-corrected chi connectivity index (χ0v) is 13.8. The van der Waals surface area contributed by atoms with Gasteiger partial charge < -0.3 is 20.2 Å². The first-order chi connectivity index (χ1) is 10.2. The lowest BCUT2D eigenvalue weighted by molar-refractivity contribution is -0.142. The van der Waals surface area contributed by atoms with Gasteiger partial charge in [-0.2, -0.15) is 0 Å². The van der Waals surface area contributed by atoms with E-state index in [-0.39, 0.29) is 24.2 Å². The Morgan fingerprint density at radius 3 is 2.55 bits per heavy atom. The number of carboxylic acids is 1. The van der Waals surface area contributed by atoms with Crippen LogP contribution in [0.3, 0.4) is 0 Å². The Balaban J connectivity index is 2.55. The zero-order chi connectivity index (χ0) is 16.9. The number of carboxylic acid groups (broad SMARTS) is 1. The molecule has 0 aliphatic carbocycles. The van der Waals surface area contributed by atoms with E-state index in [9.17, 15) is 14.4 Å². The fourth-order valence-corrected chi connectivity index (χ4v) is 2.47. The summed E-state index contributed by atoms with van der Waals surface area (Å²) in [6.45, 7) is 5.51. The zero-order valence-electron chi connectivity index (χ0n) is 13.8. The molecule has 0 saturated carbocycles. The summed E-state index contributed by atoms with van der Waals surface area (Å²) >= 11 is 0. The molecule has 0 aromatic rings. The third-order valence-electron chi connectivity index (χ3n) is 3.72. The number of likely N-dealkylation sites (tertiary alicyclic amines) is 1. The maximum atomic E-state index is 12.2. The van der Waals surface area contributed by atoms with Crippen LogP contribution in [-0.2, 0) is 14.4 Å². The van der Waals surface area contributed by atoms with Gasteiger partial charge in [0.05, 0.1) is 5.92 Å². The minimum atomic E-state index is -1.03. The summed E-state index contributed by atoms with van der Waals surface area (Å²) in [6.07, 6.45) is 0.541. The minimum Gasteiger partial charge on any atom is -0.480 e. The topological polar surface area (TPSA) is 90.0 Å². The molecule has 0 aromatic carbocycles. The Morgan fingerprint density at radius 1 is 1.41 bits per heavy atom. The van der Waals surface area contributed by atoms with Crippen LogP contribution in [-0.4, -0.2) is 72.5 Å². The summed E-state index contributed by atoms with van der Waals surface area (Å²) in [5, 5.41) is 11.7. The van der Waals surface area contributed by atoms with Crippen LogP contribution in [0.25, 0.3) is 0 Å². The Kier molecular flexibility index (Phi) is 6.80. The monoisotopic (exact) mass is 313 g/mol. The van der Waals surface area contributed by atoms with Gasteiger partial charge in [-0.05, 0) is 26.4 Å². The number of hydrogen-bond acceptors (Lipinski definition) is 4. The summed E-state index contributed by atoms with van der Waals surface area (Å²) in [7, 11) is 3.85. The van der Waals surface area contributed by atoms with E-state index in [0.717, 1.165) is 6.54 Å². The lowest BCUT2D eigenvalue weighted by Gasteiger charge is -2.20. The normalized spacial score (nSPS) is 19.8. The van der Waals surface area contributed by atoms with Gasteiger partial charge in [-0.15, -0.1) is 0 Å². The van der Waals surface area contributed by atoms with E-state index in [2.05, 4.69) is 5.32 Å². The highest BCUT2D eigenvalue weighted by Gasteiger charge is 2.35. The van der Waals surface area contributed by atoms with Crippen LogP contribution in [0.15, 0.2) is 0 Å². The fourth-order valence-electron chi connectivity index (χ4n) is 2.47. The predicted octanol–water partition coefficient (Wildman–Crippen LogP) is 0.0120. The second-order valence-electron chi connectivity index (χ2n) is 6.57. The smallest absolute Gasteiger partial charge is 0.326 e. The molecule has 2 N–H and O–H groups in total. The van der Waals surface area contributed by atoms with Crippen LogP contribution in [0, 0.1) is 11.8 Å². The second kappa shape index (κ2) is 8.12. The van der Waals surface area contributed by atoms with Crippen molar-refractivity contribution in [3.63, 3.8) is 0 Å². The van der Waals surface area contributed by atoms with Crippen molar-refractivity contribution < 1.29 is 19.5 Å². The molecule has 2 atom stereocenters. The second-order valence-corrected chi connectivity index (χ2v) is 6.57. The van der Waals surface area contributed by atoms with Gasteiger partial charge in [0.1, 0.15) is 6.04 Å². The number of nitrogens with one attached hydrogen (secondary N) is 1. The molecule has 7 heteroatoms. The van der Waals surface area contributed by atoms with Crippen molar-refractivity contribution in [1.29, 1.82) is 0 Å². The molecule has 22 heavy (non-hydrogen) atoms. The van der Waals surface area contributed by atoms with Crippen molar-refractivity contribution in [1.82, 2.24) is 15.1 Å². The van der Waals surface area contributed by atoms with Crippen LogP contribution in [0.2, 0.25) is 0 Å². The first-order valence-corrected chi connectivity index (χ1v) is 7.66. The van der Waals surface area contributed by atoms with Gasteiger partial charge >= 0.3 is 5.97 Å². The van der Waals surface area contributed by atoms with E-state index in [4.69, 9.17) is 5.11 Å². The first kappa shape index (κ1) is 18.4. The van der Waals surface area contributed by atoms with Gasteiger partial charge in [0.25, 0.3) is 0 Å². The molecule has 7 nitrogen and oxygen atoms in total. The molecule has 1 saturated heterocycles. The summed E-state index contributed by atoms with van der Waals surface area (Å²) in [5.41, 5.74) is 0. The van der Waals surface area contributed by atoms with Crippen LogP contribution >= 0.6 is 0 Å². The highest BCUT2D eigenvalue weighted by Crippen LogP contribution is 2.18. The average molecular weight is 313 g/mol. The maximum Gasteiger partial charge on any atom is 0.326 e. The third kappa shape index (κ3) is 5.63. The number of aliphatic carboxylic acids is 1. The molecule has 0 bridgehead atoms. The van der Waals surface area contributed by atoms with Crippen LogP contribution in [0.1, 0.15) is 26.7 Å². The molecule has 0 spiro atoms. The number of carbonyl (C=O) groups is 3. The summed E-state index contributed by atoms with van der Waals surface area (Å²) in [4.78, 5) is 39.0. The van der Waals surface area contributed by atoms with E-state index < -0.39 is 17.9 Å². The number of hydrogen-bond donors (Lipinski definition) is 2. The van der Waals surface area contributed by atoms with Gasteiger partial charge in [0, 0.05) is 26.1 Å². The van der Waals surface area contributed by atoms with Crippen molar-refractivity contribution in [2.45, 2.75) is 32.7 Å². The standard InChI is InChI=1S/C15H27N3O4/c1-10(2)7-12(15(21)22)16-14(20)11-8-13(19)18(9-11)6-5-17(3)4/h10-12H,5-9H2,1-4H3,(H,16,20)(H,21,22)/t11?,12-/m1/s1. The van der Waals surface area contributed by atoms with Crippen molar-refractivity contribution in [3.8, 4) is 0 Å². The van der Waals surface area contributed by atoms with Gasteiger partial charge in [-0.1, -0.05) is 13.8 Å². The van der Waals surface area contributed by atoms with E-state index in [1.54, 1.807) is 4.90 Å². The number of amides is 2. The molecular weight excluding hydrogens is 286 g/mol. The number of carbonyl (C=O) groups excluding carboxylic acids is 2. The van der Waals surface area contributed by atoms with Crippen molar-refractivity contribution in [2.75, 3.05) is 33.7 Å². The average Bonchev–Trinajstić information content (AvgIpc) is 2.76. The maximum absolute atomic E-state index is 12.2. The van der Waals surface area contributed by atoms with E-state index in [1.807, 2.05) is 32.8 Å². The Morgan fingerprint density at radius 2 is 2.05 bits per heavy atom. The van der Waals surface area contributed by atoms with Gasteiger partial charge in [-0.3, -0.25) is 9.59 Å². The molecule has 1 aliphatic heterocycles.